The summed E-state index contributed by atoms with van der Waals surface area (Å²) in [6, 6.07) is 0. The number of alkyl halides is 1. The Kier molecular flexibility index (Phi) is 2.16. The maximum atomic E-state index is 5.57. The zero-order valence-corrected chi connectivity index (χ0v) is 6.15. The molecular formula is C5H10ClN3. The number of halogens is 1. The van der Waals surface area contributed by atoms with Crippen molar-refractivity contribution in [3.63, 3.8) is 0 Å². The molecule has 0 saturated heterocycles. The molecule has 0 atom stereocenters. The number of nitrogens with zero attached hydrogens (tertiary/aromatic N) is 2. The van der Waals surface area contributed by atoms with Crippen molar-refractivity contribution in [1.82, 2.24) is 10.3 Å². The molecule has 0 unspecified atom stereocenters. The topological polar surface area (TPSA) is 27.6 Å². The molecule has 3 nitrogen and oxygen atoms in total. The number of rotatable bonds is 2. The van der Waals surface area contributed by atoms with Gasteiger partial charge in [0.25, 0.3) is 0 Å². The first kappa shape index (κ1) is 6.68. The molecule has 0 radical (unpaired) electrons. The van der Waals surface area contributed by atoms with Crippen molar-refractivity contribution in [2.45, 2.75) is 6.92 Å². The molecule has 0 aromatic carbocycles. The molecule has 0 aromatic rings. The van der Waals surface area contributed by atoms with Crippen LogP contribution < -0.4 is 5.43 Å². The van der Waals surface area contributed by atoms with Gasteiger partial charge in [0, 0.05) is 6.54 Å². The normalized spacial score (nSPS) is 17.6. The largest absolute Gasteiger partial charge is 0.339 e. The van der Waals surface area contributed by atoms with Gasteiger partial charge in [0.2, 0.25) is 0 Å². The van der Waals surface area contributed by atoms with Crippen molar-refractivity contribution in [2.24, 2.45) is 5.10 Å². The number of amidine groups is 1. The fourth-order valence-electron chi connectivity index (χ4n) is 0.783. The van der Waals surface area contributed by atoms with Gasteiger partial charge in [-0.3, -0.25) is 5.43 Å². The lowest BCUT2D eigenvalue weighted by molar-refractivity contribution is 0.445. The number of nitrogens with one attached hydrogen (secondary N) is 1. The third-order valence-corrected chi connectivity index (χ3v) is 1.58. The zero-order chi connectivity index (χ0) is 6.69. The molecule has 1 N–H and O–H groups in total. The Labute approximate surface area is 59.7 Å². The first-order chi connectivity index (χ1) is 4.38. The minimum absolute atomic E-state index is 0.501. The van der Waals surface area contributed by atoms with Crippen molar-refractivity contribution < 1.29 is 0 Å². The molecule has 1 aliphatic heterocycles. The van der Waals surface area contributed by atoms with Crippen molar-refractivity contribution in [1.29, 1.82) is 0 Å². The molecule has 1 rings (SSSR count). The van der Waals surface area contributed by atoms with Gasteiger partial charge in [-0.15, -0.1) is 11.6 Å². The van der Waals surface area contributed by atoms with Gasteiger partial charge in [-0.25, -0.2) is 0 Å². The van der Waals surface area contributed by atoms with Crippen molar-refractivity contribution in [3.8, 4) is 0 Å². The zero-order valence-electron chi connectivity index (χ0n) is 5.39. The van der Waals surface area contributed by atoms with E-state index >= 15 is 0 Å². The van der Waals surface area contributed by atoms with E-state index in [1.54, 1.807) is 0 Å². The average Bonchev–Trinajstić information content (AvgIpc) is 2.33. The van der Waals surface area contributed by atoms with Gasteiger partial charge >= 0.3 is 0 Å². The number of hydrogen-bond acceptors (Lipinski definition) is 3. The Balaban J connectivity index is 2.47. The number of hydrogen-bond donors (Lipinski definition) is 1. The fourth-order valence-corrected chi connectivity index (χ4v) is 1.01. The van der Waals surface area contributed by atoms with E-state index < -0.39 is 0 Å². The highest BCUT2D eigenvalue weighted by Crippen LogP contribution is 1.97. The Hall–Kier alpha value is -0.440. The smallest absolute Gasteiger partial charge is 0.141 e. The van der Waals surface area contributed by atoms with Crippen LogP contribution in [0.4, 0.5) is 0 Å². The van der Waals surface area contributed by atoms with Crippen LogP contribution in [0.2, 0.25) is 0 Å². The van der Waals surface area contributed by atoms with Crippen LogP contribution in [0.5, 0.6) is 0 Å². The summed E-state index contributed by atoms with van der Waals surface area (Å²) < 4.78 is 0. The van der Waals surface area contributed by atoms with Gasteiger partial charge in [-0.1, -0.05) is 0 Å². The maximum absolute atomic E-state index is 5.57. The standard InChI is InChI=1S/C5H10ClN3/c1-2-9-4-7-8-5(9)3-6/h7H,2-4H2,1H3. The van der Waals surface area contributed by atoms with Crippen LogP contribution in [-0.2, 0) is 0 Å². The summed E-state index contributed by atoms with van der Waals surface area (Å²) in [4.78, 5) is 2.09. The van der Waals surface area contributed by atoms with E-state index in [9.17, 15) is 0 Å². The van der Waals surface area contributed by atoms with Crippen molar-refractivity contribution in [2.75, 3.05) is 19.1 Å². The van der Waals surface area contributed by atoms with Crippen LogP contribution in [-0.4, -0.2) is 29.8 Å². The van der Waals surface area contributed by atoms with Gasteiger partial charge in [-0.05, 0) is 6.92 Å². The molecule has 1 heterocycles. The molecule has 0 spiro atoms. The second kappa shape index (κ2) is 2.92. The second-order valence-electron chi connectivity index (χ2n) is 1.83. The first-order valence-electron chi connectivity index (χ1n) is 2.98. The minimum atomic E-state index is 0.501. The molecule has 52 valence electrons. The lowest BCUT2D eigenvalue weighted by Crippen LogP contribution is -2.29. The molecule has 1 aliphatic rings. The maximum Gasteiger partial charge on any atom is 0.141 e. The van der Waals surface area contributed by atoms with E-state index in [-0.39, 0.29) is 0 Å². The summed E-state index contributed by atoms with van der Waals surface area (Å²) >= 11 is 5.57. The molecule has 0 amide bonds. The highest BCUT2D eigenvalue weighted by atomic mass is 35.5. The summed E-state index contributed by atoms with van der Waals surface area (Å²) in [7, 11) is 0. The van der Waals surface area contributed by atoms with Crippen LogP contribution >= 0.6 is 11.6 Å². The van der Waals surface area contributed by atoms with Gasteiger partial charge in [-0.2, -0.15) is 5.10 Å². The summed E-state index contributed by atoms with van der Waals surface area (Å²) in [5.41, 5.74) is 2.85. The fraction of sp³-hybridized carbons (Fsp3) is 0.800. The molecule has 4 heteroatoms. The Morgan fingerprint density at radius 2 is 2.67 bits per heavy atom. The molecule has 0 saturated carbocycles. The molecule has 0 bridgehead atoms. The van der Waals surface area contributed by atoms with Crippen LogP contribution in [0.3, 0.4) is 0 Å². The predicted octanol–water partition coefficient (Wildman–Crippen LogP) is 0.421. The molecule has 0 fully saturated rings. The molecule has 9 heavy (non-hydrogen) atoms. The van der Waals surface area contributed by atoms with Gasteiger partial charge in [0.05, 0.1) is 5.88 Å². The van der Waals surface area contributed by atoms with Crippen LogP contribution in [0, 0.1) is 0 Å². The van der Waals surface area contributed by atoms with E-state index in [4.69, 9.17) is 11.6 Å². The second-order valence-corrected chi connectivity index (χ2v) is 2.10. The van der Waals surface area contributed by atoms with Crippen LogP contribution in [0.25, 0.3) is 0 Å². The Morgan fingerprint density at radius 1 is 1.89 bits per heavy atom. The lowest BCUT2D eigenvalue weighted by atomic mass is 10.5. The third kappa shape index (κ3) is 1.27. The van der Waals surface area contributed by atoms with Gasteiger partial charge in [0.15, 0.2) is 0 Å². The quantitative estimate of drug-likeness (QED) is 0.574. The van der Waals surface area contributed by atoms with Crippen molar-refractivity contribution >= 4 is 17.4 Å². The van der Waals surface area contributed by atoms with E-state index in [1.165, 1.54) is 0 Å². The Morgan fingerprint density at radius 3 is 3.11 bits per heavy atom. The van der Waals surface area contributed by atoms with Crippen molar-refractivity contribution in [3.05, 3.63) is 0 Å². The minimum Gasteiger partial charge on any atom is -0.339 e. The van der Waals surface area contributed by atoms with E-state index in [1.807, 2.05) is 0 Å². The summed E-state index contributed by atoms with van der Waals surface area (Å²) in [6.45, 7) is 3.85. The highest BCUT2D eigenvalue weighted by Gasteiger charge is 2.11. The summed E-state index contributed by atoms with van der Waals surface area (Å²) in [5, 5.41) is 3.97. The summed E-state index contributed by atoms with van der Waals surface area (Å²) in [5.74, 6) is 1.44. The average molecular weight is 148 g/mol. The van der Waals surface area contributed by atoms with Gasteiger partial charge < -0.3 is 4.90 Å². The number of hydrazone groups is 1. The highest BCUT2D eigenvalue weighted by molar-refractivity contribution is 6.28. The third-order valence-electron chi connectivity index (χ3n) is 1.34. The van der Waals surface area contributed by atoms with E-state index in [0.717, 1.165) is 19.0 Å². The Bertz CT molecular complexity index is 123. The van der Waals surface area contributed by atoms with E-state index in [2.05, 4.69) is 22.4 Å². The van der Waals surface area contributed by atoms with E-state index in [0.29, 0.717) is 5.88 Å². The molecule has 0 aliphatic carbocycles. The first-order valence-corrected chi connectivity index (χ1v) is 3.52. The SMILES string of the molecule is CCN1CNN=C1CCl. The summed E-state index contributed by atoms with van der Waals surface area (Å²) in [6.07, 6.45) is 0. The predicted molar refractivity (Wildman–Crippen MR) is 38.5 cm³/mol. The molecule has 0 aromatic heterocycles. The lowest BCUT2D eigenvalue weighted by Gasteiger charge is -2.13. The molecular weight excluding hydrogens is 138 g/mol. The monoisotopic (exact) mass is 147 g/mol. The van der Waals surface area contributed by atoms with Crippen LogP contribution in [0.1, 0.15) is 6.92 Å². The van der Waals surface area contributed by atoms with Gasteiger partial charge in [0.1, 0.15) is 12.5 Å². The van der Waals surface area contributed by atoms with Crippen LogP contribution in [0.15, 0.2) is 5.10 Å².